The Labute approximate surface area is 129 Å². The summed E-state index contributed by atoms with van der Waals surface area (Å²) in [5, 5.41) is 6.91. The van der Waals surface area contributed by atoms with Gasteiger partial charge in [-0.1, -0.05) is 23.4 Å². The zero-order chi connectivity index (χ0) is 15.4. The van der Waals surface area contributed by atoms with Gasteiger partial charge in [0.05, 0.1) is 6.54 Å². The van der Waals surface area contributed by atoms with Crippen LogP contribution in [0.1, 0.15) is 34.9 Å². The van der Waals surface area contributed by atoms with E-state index in [4.69, 9.17) is 4.52 Å². The molecule has 0 atom stereocenters. The van der Waals surface area contributed by atoms with Crippen molar-refractivity contribution in [3.05, 3.63) is 47.6 Å². The van der Waals surface area contributed by atoms with Crippen molar-refractivity contribution in [2.75, 3.05) is 13.1 Å². The lowest BCUT2D eigenvalue weighted by molar-refractivity contribution is 0.0904. The van der Waals surface area contributed by atoms with Crippen LogP contribution in [-0.2, 0) is 6.54 Å². The Morgan fingerprint density at radius 3 is 2.68 bits per heavy atom. The summed E-state index contributed by atoms with van der Waals surface area (Å²) in [4.78, 5) is 18.6. The molecule has 1 saturated heterocycles. The van der Waals surface area contributed by atoms with Gasteiger partial charge in [-0.25, -0.2) is 0 Å². The fraction of sp³-hybridized carbons (Fsp3) is 0.438. The highest BCUT2D eigenvalue weighted by Crippen LogP contribution is 2.14. The summed E-state index contributed by atoms with van der Waals surface area (Å²) in [6.45, 7) is 4.33. The molecule has 0 saturated carbocycles. The van der Waals surface area contributed by atoms with E-state index in [0.29, 0.717) is 23.8 Å². The third-order valence-electron chi connectivity index (χ3n) is 3.89. The number of carbonyl (C=O) groups is 1. The van der Waals surface area contributed by atoms with E-state index in [2.05, 4.69) is 20.4 Å². The average Bonchev–Trinajstić information content (AvgIpc) is 2.95. The molecule has 3 rings (SSSR count). The molecule has 0 spiro atoms. The minimum absolute atomic E-state index is 0.00609. The number of amides is 1. The topological polar surface area (TPSA) is 71.3 Å². The molecule has 0 unspecified atom stereocenters. The lowest BCUT2D eigenvalue weighted by atomic mass is 10.0. The van der Waals surface area contributed by atoms with Gasteiger partial charge < -0.3 is 9.84 Å². The number of nitrogens with one attached hydrogen (secondary N) is 1. The monoisotopic (exact) mass is 300 g/mol. The minimum atomic E-state index is 0.00609. The maximum Gasteiger partial charge on any atom is 0.251 e. The third-order valence-corrected chi connectivity index (χ3v) is 3.89. The van der Waals surface area contributed by atoms with Gasteiger partial charge >= 0.3 is 0 Å². The zero-order valence-corrected chi connectivity index (χ0v) is 12.7. The number of likely N-dealkylation sites (tertiary alicyclic amines) is 1. The van der Waals surface area contributed by atoms with Crippen LogP contribution < -0.4 is 5.32 Å². The Balaban J connectivity index is 1.46. The number of nitrogens with zero attached hydrogens (tertiary/aromatic N) is 3. The standard InChI is InChI=1S/C16H20N4O2/c1-12-17-15(22-19-12)11-20-9-7-14(8-10-20)18-16(21)13-5-3-2-4-6-13/h2-6,14H,7-11H2,1H3,(H,18,21). The number of rotatable bonds is 4. The fourth-order valence-corrected chi connectivity index (χ4v) is 2.69. The molecule has 1 aromatic heterocycles. The van der Waals surface area contributed by atoms with Crippen LogP contribution in [0, 0.1) is 6.92 Å². The smallest absolute Gasteiger partial charge is 0.251 e. The molecule has 6 heteroatoms. The van der Waals surface area contributed by atoms with E-state index in [9.17, 15) is 4.79 Å². The molecule has 1 N–H and O–H groups in total. The largest absolute Gasteiger partial charge is 0.349 e. The van der Waals surface area contributed by atoms with Crippen molar-refractivity contribution < 1.29 is 9.32 Å². The summed E-state index contributed by atoms with van der Waals surface area (Å²) in [7, 11) is 0. The summed E-state index contributed by atoms with van der Waals surface area (Å²) in [5.74, 6) is 1.33. The summed E-state index contributed by atoms with van der Waals surface area (Å²) in [6, 6.07) is 9.57. The molecule has 1 aromatic carbocycles. The van der Waals surface area contributed by atoms with Gasteiger partial charge in [-0.15, -0.1) is 0 Å². The van der Waals surface area contributed by atoms with Crippen molar-refractivity contribution in [1.29, 1.82) is 0 Å². The van der Waals surface area contributed by atoms with Crippen molar-refractivity contribution in [2.24, 2.45) is 0 Å². The van der Waals surface area contributed by atoms with Crippen LogP contribution in [0.5, 0.6) is 0 Å². The summed E-state index contributed by atoms with van der Waals surface area (Å²) in [6.07, 6.45) is 1.87. The number of aryl methyl sites for hydroxylation is 1. The number of carbonyl (C=O) groups excluding carboxylic acids is 1. The van der Waals surface area contributed by atoms with E-state index in [1.54, 1.807) is 0 Å². The summed E-state index contributed by atoms with van der Waals surface area (Å²) >= 11 is 0. The van der Waals surface area contributed by atoms with E-state index in [1.807, 2.05) is 37.3 Å². The van der Waals surface area contributed by atoms with E-state index < -0.39 is 0 Å². The van der Waals surface area contributed by atoms with Crippen LogP contribution in [0.25, 0.3) is 0 Å². The molecule has 116 valence electrons. The van der Waals surface area contributed by atoms with Gasteiger partial charge in [0.1, 0.15) is 0 Å². The molecule has 6 nitrogen and oxygen atoms in total. The molecule has 0 bridgehead atoms. The first kappa shape index (κ1) is 14.7. The second-order valence-corrected chi connectivity index (χ2v) is 5.63. The first-order valence-electron chi connectivity index (χ1n) is 7.58. The summed E-state index contributed by atoms with van der Waals surface area (Å²) < 4.78 is 5.14. The number of aromatic nitrogens is 2. The van der Waals surface area contributed by atoms with Crippen molar-refractivity contribution in [3.63, 3.8) is 0 Å². The Bertz CT molecular complexity index is 618. The molecule has 1 amide bonds. The molecule has 1 fully saturated rings. The van der Waals surface area contributed by atoms with Crippen LogP contribution in [0.2, 0.25) is 0 Å². The highest BCUT2D eigenvalue weighted by molar-refractivity contribution is 5.94. The quantitative estimate of drug-likeness (QED) is 0.932. The molecule has 2 heterocycles. The SMILES string of the molecule is Cc1noc(CN2CCC(NC(=O)c3ccccc3)CC2)n1. The van der Waals surface area contributed by atoms with Crippen LogP contribution in [0.4, 0.5) is 0 Å². The molecule has 22 heavy (non-hydrogen) atoms. The number of hydrogen-bond acceptors (Lipinski definition) is 5. The van der Waals surface area contributed by atoms with Crippen molar-refractivity contribution in [3.8, 4) is 0 Å². The Morgan fingerprint density at radius 2 is 2.05 bits per heavy atom. The van der Waals surface area contributed by atoms with Crippen LogP contribution in [-0.4, -0.2) is 40.1 Å². The van der Waals surface area contributed by atoms with Gasteiger partial charge in [0, 0.05) is 24.7 Å². The number of piperidine rings is 1. The predicted molar refractivity (Wildman–Crippen MR) is 81.2 cm³/mol. The Kier molecular flexibility index (Phi) is 4.48. The number of hydrogen-bond donors (Lipinski definition) is 1. The van der Waals surface area contributed by atoms with E-state index >= 15 is 0 Å². The van der Waals surface area contributed by atoms with Gasteiger partial charge in [-0.3, -0.25) is 9.69 Å². The predicted octanol–water partition coefficient (Wildman–Crippen LogP) is 1.77. The first-order valence-corrected chi connectivity index (χ1v) is 7.58. The molecule has 0 aliphatic carbocycles. The Morgan fingerprint density at radius 1 is 1.32 bits per heavy atom. The number of benzene rings is 1. The van der Waals surface area contributed by atoms with Crippen molar-refractivity contribution in [1.82, 2.24) is 20.4 Å². The lowest BCUT2D eigenvalue weighted by Gasteiger charge is -2.31. The lowest BCUT2D eigenvalue weighted by Crippen LogP contribution is -2.44. The molecule has 2 aromatic rings. The molecule has 1 aliphatic heterocycles. The highest BCUT2D eigenvalue weighted by Gasteiger charge is 2.22. The second kappa shape index (κ2) is 6.70. The van der Waals surface area contributed by atoms with Gasteiger partial charge in [0.25, 0.3) is 5.91 Å². The first-order chi connectivity index (χ1) is 10.7. The normalized spacial score (nSPS) is 16.6. The Hall–Kier alpha value is -2.21. The van der Waals surface area contributed by atoms with Crippen LogP contribution >= 0.6 is 0 Å². The third kappa shape index (κ3) is 3.71. The zero-order valence-electron chi connectivity index (χ0n) is 12.7. The van der Waals surface area contributed by atoms with E-state index in [-0.39, 0.29) is 11.9 Å². The molecule has 0 radical (unpaired) electrons. The minimum Gasteiger partial charge on any atom is -0.349 e. The van der Waals surface area contributed by atoms with Crippen LogP contribution in [0.3, 0.4) is 0 Å². The van der Waals surface area contributed by atoms with Gasteiger partial charge in [0.2, 0.25) is 5.89 Å². The molecular formula is C16H20N4O2. The van der Waals surface area contributed by atoms with Crippen LogP contribution in [0.15, 0.2) is 34.9 Å². The molecular weight excluding hydrogens is 280 g/mol. The van der Waals surface area contributed by atoms with Crippen molar-refractivity contribution in [2.45, 2.75) is 32.4 Å². The second-order valence-electron chi connectivity index (χ2n) is 5.63. The van der Waals surface area contributed by atoms with Crippen molar-refractivity contribution >= 4 is 5.91 Å². The van der Waals surface area contributed by atoms with Gasteiger partial charge in [-0.2, -0.15) is 4.98 Å². The van der Waals surface area contributed by atoms with Gasteiger partial charge in [-0.05, 0) is 31.9 Å². The van der Waals surface area contributed by atoms with Gasteiger partial charge in [0.15, 0.2) is 5.82 Å². The maximum absolute atomic E-state index is 12.1. The maximum atomic E-state index is 12.1. The summed E-state index contributed by atoms with van der Waals surface area (Å²) in [5.41, 5.74) is 0.714. The molecule has 1 aliphatic rings. The fourth-order valence-electron chi connectivity index (χ4n) is 2.69. The van der Waals surface area contributed by atoms with E-state index in [0.717, 1.165) is 25.9 Å². The van der Waals surface area contributed by atoms with E-state index in [1.165, 1.54) is 0 Å². The highest BCUT2D eigenvalue weighted by atomic mass is 16.5. The average molecular weight is 300 g/mol.